The van der Waals surface area contributed by atoms with E-state index in [2.05, 4.69) is 44.0 Å². The summed E-state index contributed by atoms with van der Waals surface area (Å²) in [5.41, 5.74) is 0.697. The molecule has 0 saturated carbocycles. The second kappa shape index (κ2) is 6.59. The number of hydrogen-bond acceptors (Lipinski definition) is 4. The Morgan fingerprint density at radius 1 is 1.16 bits per heavy atom. The van der Waals surface area contributed by atoms with E-state index in [9.17, 15) is 20.6 Å². The van der Waals surface area contributed by atoms with Crippen molar-refractivity contribution in [2.45, 2.75) is 9.65 Å². The third-order valence-corrected chi connectivity index (χ3v) is 7.19. The molecule has 124 valence electrons. The number of nitro benzene ring substituents is 1. The van der Waals surface area contributed by atoms with Gasteiger partial charge in [0, 0.05) is 27.7 Å². The van der Waals surface area contributed by atoms with Gasteiger partial charge in [-0.3, -0.25) is 10.1 Å². The first-order valence-electron chi connectivity index (χ1n) is 7.40. The number of nitro groups is 1. The highest BCUT2D eigenvalue weighted by Gasteiger charge is 2.53. The third-order valence-electron chi connectivity index (χ3n) is 4.51. The molecule has 0 amide bonds. The lowest BCUT2D eigenvalue weighted by Gasteiger charge is -2.30. The predicted octanol–water partition coefficient (Wildman–Crippen LogP) is 4.66. The third kappa shape index (κ3) is 2.74. The Morgan fingerprint density at radius 3 is 2.36 bits per heavy atom. The maximum atomic E-state index is 10.9. The minimum absolute atomic E-state index is 0.0304. The van der Waals surface area contributed by atoms with Crippen LogP contribution in [0.5, 0.6) is 0 Å². The summed E-state index contributed by atoms with van der Waals surface area (Å²) >= 11 is 7.20. The van der Waals surface area contributed by atoms with Crippen LogP contribution in [0.1, 0.15) is 5.56 Å². The molecule has 1 aromatic rings. The normalized spacial score (nSPS) is 26.5. The van der Waals surface area contributed by atoms with Gasteiger partial charge in [0.05, 0.1) is 17.1 Å². The molecule has 0 heterocycles. The van der Waals surface area contributed by atoms with Gasteiger partial charge in [0.2, 0.25) is 0 Å². The van der Waals surface area contributed by atoms with Gasteiger partial charge in [-0.1, -0.05) is 56.2 Å². The van der Waals surface area contributed by atoms with Crippen molar-refractivity contribution in [1.82, 2.24) is 0 Å². The topological polar surface area (TPSA) is 90.7 Å². The maximum Gasteiger partial charge on any atom is 0.269 e. The van der Waals surface area contributed by atoms with Crippen molar-refractivity contribution in [2.75, 3.05) is 0 Å². The van der Waals surface area contributed by atoms with Crippen LogP contribution >= 0.6 is 31.9 Å². The van der Waals surface area contributed by atoms with Crippen molar-refractivity contribution in [2.24, 2.45) is 11.3 Å². The number of non-ortho nitro benzene ring substituents is 1. The molecule has 3 unspecified atom stereocenters. The lowest BCUT2D eigenvalue weighted by Crippen LogP contribution is -2.35. The molecule has 7 heteroatoms. The molecule has 0 N–H and O–H groups in total. The van der Waals surface area contributed by atoms with Crippen LogP contribution in [0.25, 0.3) is 5.57 Å². The SMILES string of the molecule is N#CC1(C#N)C(c2ccc([N+](=O)[O-])cc2)=CC2=CC=CC(Br)C(Br)C21. The molecule has 0 bridgehead atoms. The number of halogens is 2. The Hall–Kier alpha value is -2.22. The van der Waals surface area contributed by atoms with Crippen LogP contribution in [0.2, 0.25) is 0 Å². The highest BCUT2D eigenvalue weighted by molar-refractivity contribution is 9.12. The van der Waals surface area contributed by atoms with E-state index < -0.39 is 10.3 Å². The van der Waals surface area contributed by atoms with Crippen LogP contribution in [0.4, 0.5) is 5.69 Å². The van der Waals surface area contributed by atoms with Gasteiger partial charge >= 0.3 is 0 Å². The van der Waals surface area contributed by atoms with Crippen molar-refractivity contribution < 1.29 is 4.92 Å². The molecule has 0 fully saturated rings. The molecule has 2 aliphatic carbocycles. The van der Waals surface area contributed by atoms with Crippen LogP contribution in [0.3, 0.4) is 0 Å². The van der Waals surface area contributed by atoms with Crippen LogP contribution in [-0.4, -0.2) is 14.6 Å². The van der Waals surface area contributed by atoms with E-state index in [0.29, 0.717) is 11.1 Å². The van der Waals surface area contributed by atoms with Gasteiger partial charge in [-0.15, -0.1) is 0 Å². The summed E-state index contributed by atoms with van der Waals surface area (Å²) in [6, 6.07) is 10.4. The Morgan fingerprint density at radius 2 is 1.80 bits per heavy atom. The molecule has 2 aliphatic rings. The van der Waals surface area contributed by atoms with Gasteiger partial charge in [0.15, 0.2) is 5.41 Å². The number of nitriles is 2. The van der Waals surface area contributed by atoms with E-state index in [-0.39, 0.29) is 21.3 Å². The first kappa shape index (κ1) is 17.6. The summed E-state index contributed by atoms with van der Waals surface area (Å²) in [7, 11) is 0. The van der Waals surface area contributed by atoms with Crippen molar-refractivity contribution in [3.8, 4) is 12.1 Å². The number of fused-ring (bicyclic) bond motifs is 1. The van der Waals surface area contributed by atoms with Gasteiger partial charge in [-0.2, -0.15) is 10.5 Å². The molecule has 0 aromatic heterocycles. The van der Waals surface area contributed by atoms with Crippen LogP contribution in [0.15, 0.2) is 54.1 Å². The zero-order valence-corrected chi connectivity index (χ0v) is 15.9. The monoisotopic (exact) mass is 459 g/mol. The lowest BCUT2D eigenvalue weighted by molar-refractivity contribution is -0.384. The van der Waals surface area contributed by atoms with E-state index >= 15 is 0 Å². The molecule has 0 aliphatic heterocycles. The minimum atomic E-state index is -1.37. The number of alkyl halides is 2. The molecule has 25 heavy (non-hydrogen) atoms. The molecule has 0 radical (unpaired) electrons. The molecule has 0 spiro atoms. The van der Waals surface area contributed by atoms with E-state index in [1.165, 1.54) is 12.1 Å². The highest BCUT2D eigenvalue weighted by Crippen LogP contribution is 2.55. The number of rotatable bonds is 2. The largest absolute Gasteiger partial charge is 0.269 e. The predicted molar refractivity (Wildman–Crippen MR) is 101 cm³/mol. The first-order chi connectivity index (χ1) is 11.9. The van der Waals surface area contributed by atoms with E-state index in [1.807, 2.05) is 24.3 Å². The van der Waals surface area contributed by atoms with Crippen molar-refractivity contribution in [3.05, 3.63) is 69.8 Å². The fourth-order valence-corrected chi connectivity index (χ4v) is 4.64. The van der Waals surface area contributed by atoms with Gasteiger partial charge in [-0.25, -0.2) is 0 Å². The zero-order valence-electron chi connectivity index (χ0n) is 12.8. The average Bonchev–Trinajstić information content (AvgIpc) is 2.87. The van der Waals surface area contributed by atoms with Crippen LogP contribution < -0.4 is 0 Å². The summed E-state index contributed by atoms with van der Waals surface area (Å²) in [6.45, 7) is 0. The second-order valence-corrected chi connectivity index (χ2v) is 7.93. The molecular formula is C18H11Br2N3O2. The summed E-state index contributed by atoms with van der Waals surface area (Å²) in [4.78, 5) is 10.2. The Bertz CT molecular complexity index is 890. The highest BCUT2D eigenvalue weighted by atomic mass is 79.9. The van der Waals surface area contributed by atoms with E-state index in [4.69, 9.17) is 0 Å². The van der Waals surface area contributed by atoms with Gasteiger partial charge in [0.25, 0.3) is 5.69 Å². The molecule has 3 rings (SSSR count). The van der Waals surface area contributed by atoms with Crippen LogP contribution in [0, 0.1) is 44.1 Å². The second-order valence-electron chi connectivity index (χ2n) is 5.81. The number of allylic oxidation sites excluding steroid dienone is 6. The maximum absolute atomic E-state index is 10.9. The van der Waals surface area contributed by atoms with Gasteiger partial charge in [0.1, 0.15) is 0 Å². The van der Waals surface area contributed by atoms with Gasteiger partial charge < -0.3 is 0 Å². The number of nitrogens with zero attached hydrogens (tertiary/aromatic N) is 3. The Balaban J connectivity index is 2.16. The minimum Gasteiger partial charge on any atom is -0.258 e. The van der Waals surface area contributed by atoms with E-state index in [1.54, 1.807) is 12.1 Å². The number of hydrogen-bond donors (Lipinski definition) is 0. The van der Waals surface area contributed by atoms with Crippen molar-refractivity contribution >= 4 is 43.1 Å². The molecule has 3 atom stereocenters. The Kier molecular flexibility index (Phi) is 4.64. The van der Waals surface area contributed by atoms with Gasteiger partial charge in [-0.05, 0) is 28.8 Å². The molecular weight excluding hydrogens is 450 g/mol. The first-order valence-corrected chi connectivity index (χ1v) is 9.24. The van der Waals surface area contributed by atoms with Crippen molar-refractivity contribution in [3.63, 3.8) is 0 Å². The Labute approximate surface area is 161 Å². The molecule has 1 aromatic carbocycles. The molecule has 0 saturated heterocycles. The fraction of sp³-hybridized carbons (Fsp3) is 0.222. The lowest BCUT2D eigenvalue weighted by atomic mass is 9.71. The van der Waals surface area contributed by atoms with E-state index in [0.717, 1.165) is 5.57 Å². The smallest absolute Gasteiger partial charge is 0.258 e. The molecule has 5 nitrogen and oxygen atoms in total. The summed E-state index contributed by atoms with van der Waals surface area (Å²) in [6.07, 6.45) is 7.62. The summed E-state index contributed by atoms with van der Waals surface area (Å²) < 4.78 is 0. The average molecular weight is 461 g/mol. The van der Waals surface area contributed by atoms with Crippen LogP contribution in [-0.2, 0) is 0 Å². The fourth-order valence-electron chi connectivity index (χ4n) is 3.28. The van der Waals surface area contributed by atoms with Crippen molar-refractivity contribution in [1.29, 1.82) is 10.5 Å². The summed E-state index contributed by atoms with van der Waals surface area (Å²) in [5.74, 6) is -0.355. The standard InChI is InChI=1S/C18H11Br2N3O2/c19-15-3-1-2-12-8-14(11-4-6-13(7-5-11)23(24)25)18(9-21,10-22)16(12)17(15)20/h1-8,15-17H. The summed E-state index contributed by atoms with van der Waals surface area (Å²) in [5, 5.41) is 30.7. The number of benzene rings is 1. The quantitative estimate of drug-likeness (QED) is 0.364. The zero-order chi connectivity index (χ0) is 18.2.